The van der Waals surface area contributed by atoms with Crippen molar-refractivity contribution in [2.45, 2.75) is 24.3 Å². The van der Waals surface area contributed by atoms with Gasteiger partial charge >= 0.3 is 0 Å². The Balaban J connectivity index is 1.34. The molecule has 0 saturated carbocycles. The van der Waals surface area contributed by atoms with Crippen molar-refractivity contribution in [2.75, 3.05) is 26.3 Å². The van der Waals surface area contributed by atoms with Gasteiger partial charge in [0.2, 0.25) is 15.9 Å². The number of hydrogen-bond donors (Lipinski definition) is 1. The Morgan fingerprint density at radius 1 is 0.938 bits per heavy atom. The zero-order valence-corrected chi connectivity index (χ0v) is 18.5. The van der Waals surface area contributed by atoms with Gasteiger partial charge in [-0.15, -0.1) is 0 Å². The molecule has 8 heteroatoms. The number of rotatable bonds is 8. The van der Waals surface area contributed by atoms with Crippen LogP contribution in [0.1, 0.15) is 17.7 Å². The minimum absolute atomic E-state index is 0.145. The van der Waals surface area contributed by atoms with Crippen molar-refractivity contribution in [1.82, 2.24) is 9.62 Å². The topological polar surface area (TPSA) is 88.8 Å². The first-order valence-corrected chi connectivity index (χ1v) is 12.0. The zero-order valence-electron chi connectivity index (χ0n) is 17.7. The number of sulfonamides is 1. The highest BCUT2D eigenvalue weighted by atomic mass is 32.2. The van der Waals surface area contributed by atoms with Crippen LogP contribution in [0, 0.1) is 0 Å². The Labute approximate surface area is 188 Å². The molecular weight excluding hydrogens is 428 g/mol. The van der Waals surface area contributed by atoms with Crippen molar-refractivity contribution >= 4 is 15.9 Å². The van der Waals surface area contributed by atoms with E-state index in [2.05, 4.69) is 5.32 Å². The van der Waals surface area contributed by atoms with Gasteiger partial charge in [0.25, 0.3) is 0 Å². The lowest BCUT2D eigenvalue weighted by molar-refractivity contribution is -0.121. The molecule has 0 atom stereocenters. The number of nitrogens with zero attached hydrogens (tertiary/aromatic N) is 1. The molecule has 1 N–H and O–H groups in total. The quantitative estimate of drug-likeness (QED) is 0.565. The largest absolute Gasteiger partial charge is 0.461 e. The monoisotopic (exact) mass is 454 g/mol. The predicted octanol–water partition coefficient (Wildman–Crippen LogP) is 3.22. The van der Waals surface area contributed by atoms with Gasteiger partial charge in [-0.25, -0.2) is 8.42 Å². The molecule has 32 heavy (non-hydrogen) atoms. The molecule has 1 fully saturated rings. The van der Waals surface area contributed by atoms with Gasteiger partial charge in [0.1, 0.15) is 11.5 Å². The highest BCUT2D eigenvalue weighted by Gasteiger charge is 2.28. The van der Waals surface area contributed by atoms with E-state index < -0.39 is 10.0 Å². The van der Waals surface area contributed by atoms with Gasteiger partial charge in [-0.1, -0.05) is 48.5 Å². The van der Waals surface area contributed by atoms with Crippen molar-refractivity contribution in [3.63, 3.8) is 0 Å². The lowest BCUT2D eigenvalue weighted by Gasteiger charge is -2.27. The summed E-state index contributed by atoms with van der Waals surface area (Å²) in [5.74, 6) is 1.33. The van der Waals surface area contributed by atoms with E-state index in [4.69, 9.17) is 9.15 Å². The second kappa shape index (κ2) is 10.1. The van der Waals surface area contributed by atoms with Crippen LogP contribution in [0.15, 0.2) is 76.0 Å². The van der Waals surface area contributed by atoms with E-state index in [-0.39, 0.29) is 23.8 Å². The minimum Gasteiger partial charge on any atom is -0.461 e. The maximum absolute atomic E-state index is 13.0. The Morgan fingerprint density at radius 2 is 1.66 bits per heavy atom. The SMILES string of the molecule is O=C(CCc1ccc(-c2ccccc2)o1)NCc1ccccc1S(=O)(=O)N1CCOCC1. The lowest BCUT2D eigenvalue weighted by Crippen LogP contribution is -2.41. The molecule has 1 aromatic heterocycles. The molecule has 2 aromatic carbocycles. The van der Waals surface area contributed by atoms with Crippen LogP contribution in [-0.4, -0.2) is 44.9 Å². The third kappa shape index (κ3) is 5.27. The van der Waals surface area contributed by atoms with Crippen LogP contribution < -0.4 is 5.32 Å². The highest BCUT2D eigenvalue weighted by Crippen LogP contribution is 2.23. The number of morpholine rings is 1. The number of benzene rings is 2. The van der Waals surface area contributed by atoms with E-state index in [0.29, 0.717) is 38.3 Å². The van der Waals surface area contributed by atoms with E-state index >= 15 is 0 Å². The molecule has 0 spiro atoms. The number of carbonyl (C=O) groups is 1. The molecule has 4 rings (SSSR count). The summed E-state index contributed by atoms with van der Waals surface area (Å²) in [6.45, 7) is 1.58. The number of hydrogen-bond acceptors (Lipinski definition) is 5. The summed E-state index contributed by atoms with van der Waals surface area (Å²) >= 11 is 0. The predicted molar refractivity (Wildman–Crippen MR) is 120 cm³/mol. The van der Waals surface area contributed by atoms with E-state index in [1.165, 1.54) is 4.31 Å². The molecule has 3 aromatic rings. The number of nitrogens with one attached hydrogen (secondary N) is 1. The second-order valence-electron chi connectivity index (χ2n) is 7.53. The Morgan fingerprint density at radius 3 is 2.44 bits per heavy atom. The summed E-state index contributed by atoms with van der Waals surface area (Å²) in [6.07, 6.45) is 0.715. The first-order chi connectivity index (χ1) is 15.5. The Bertz CT molecular complexity index is 1150. The summed E-state index contributed by atoms with van der Waals surface area (Å²) in [7, 11) is -3.63. The molecule has 2 heterocycles. The molecule has 0 aliphatic carbocycles. The molecule has 1 saturated heterocycles. The fraction of sp³-hybridized carbons (Fsp3) is 0.292. The zero-order chi connectivity index (χ0) is 22.4. The average Bonchev–Trinajstić information content (AvgIpc) is 3.32. The minimum atomic E-state index is -3.63. The van der Waals surface area contributed by atoms with Gasteiger partial charge in [0, 0.05) is 38.0 Å². The molecule has 168 valence electrons. The van der Waals surface area contributed by atoms with E-state index in [9.17, 15) is 13.2 Å². The van der Waals surface area contributed by atoms with Crippen LogP contribution in [0.5, 0.6) is 0 Å². The first kappa shape index (κ1) is 22.3. The van der Waals surface area contributed by atoms with Crippen LogP contribution in [0.4, 0.5) is 0 Å². The van der Waals surface area contributed by atoms with Crippen LogP contribution in [0.25, 0.3) is 11.3 Å². The maximum Gasteiger partial charge on any atom is 0.243 e. The van der Waals surface area contributed by atoms with Crippen LogP contribution >= 0.6 is 0 Å². The summed E-state index contributed by atoms with van der Waals surface area (Å²) < 4.78 is 38.6. The van der Waals surface area contributed by atoms with Gasteiger partial charge < -0.3 is 14.5 Å². The Kier molecular flexibility index (Phi) is 7.04. The van der Waals surface area contributed by atoms with E-state index in [0.717, 1.165) is 17.1 Å². The van der Waals surface area contributed by atoms with Gasteiger partial charge in [-0.05, 0) is 23.8 Å². The third-order valence-corrected chi connectivity index (χ3v) is 7.35. The van der Waals surface area contributed by atoms with Crippen molar-refractivity contribution < 1.29 is 22.4 Å². The number of amides is 1. The number of aryl methyl sites for hydroxylation is 1. The van der Waals surface area contributed by atoms with Crippen LogP contribution in [0.2, 0.25) is 0 Å². The molecule has 1 aliphatic rings. The van der Waals surface area contributed by atoms with Gasteiger partial charge in [-0.3, -0.25) is 4.79 Å². The molecule has 7 nitrogen and oxygen atoms in total. The molecular formula is C24H26N2O5S. The van der Waals surface area contributed by atoms with Gasteiger partial charge in [0.05, 0.1) is 18.1 Å². The van der Waals surface area contributed by atoms with E-state index in [1.807, 2.05) is 42.5 Å². The third-order valence-electron chi connectivity index (χ3n) is 5.35. The second-order valence-corrected chi connectivity index (χ2v) is 9.44. The van der Waals surface area contributed by atoms with Crippen molar-refractivity contribution in [3.05, 3.63) is 78.1 Å². The van der Waals surface area contributed by atoms with Crippen molar-refractivity contribution in [1.29, 1.82) is 0 Å². The number of ether oxygens (including phenoxy) is 1. The molecule has 0 unspecified atom stereocenters. The Hall–Kier alpha value is -2.94. The summed E-state index contributed by atoms with van der Waals surface area (Å²) in [5.41, 5.74) is 1.55. The lowest BCUT2D eigenvalue weighted by atomic mass is 10.2. The highest BCUT2D eigenvalue weighted by molar-refractivity contribution is 7.89. The molecule has 0 radical (unpaired) electrons. The average molecular weight is 455 g/mol. The van der Waals surface area contributed by atoms with E-state index in [1.54, 1.807) is 24.3 Å². The smallest absolute Gasteiger partial charge is 0.243 e. The fourth-order valence-corrected chi connectivity index (χ4v) is 5.25. The summed E-state index contributed by atoms with van der Waals surface area (Å²) in [5, 5.41) is 2.83. The van der Waals surface area contributed by atoms with Crippen molar-refractivity contribution in [2.24, 2.45) is 0 Å². The molecule has 0 bridgehead atoms. The number of carbonyl (C=O) groups excluding carboxylic acids is 1. The normalized spacial score (nSPS) is 14.9. The first-order valence-electron chi connectivity index (χ1n) is 10.6. The van der Waals surface area contributed by atoms with Gasteiger partial charge in [0.15, 0.2) is 0 Å². The summed E-state index contributed by atoms with van der Waals surface area (Å²) in [6, 6.07) is 20.3. The van der Waals surface area contributed by atoms with Crippen LogP contribution in [-0.2, 0) is 32.5 Å². The summed E-state index contributed by atoms with van der Waals surface area (Å²) in [4.78, 5) is 12.6. The molecule has 1 aliphatic heterocycles. The van der Waals surface area contributed by atoms with Crippen LogP contribution in [0.3, 0.4) is 0 Å². The maximum atomic E-state index is 13.0. The van der Waals surface area contributed by atoms with Crippen molar-refractivity contribution in [3.8, 4) is 11.3 Å². The number of furan rings is 1. The fourth-order valence-electron chi connectivity index (χ4n) is 3.62. The molecule has 1 amide bonds. The van der Waals surface area contributed by atoms with Gasteiger partial charge in [-0.2, -0.15) is 4.31 Å². The standard InChI is InChI=1S/C24H26N2O5S/c27-24(13-11-21-10-12-22(31-21)19-6-2-1-3-7-19)25-18-20-8-4-5-9-23(20)32(28,29)26-14-16-30-17-15-26/h1-10,12H,11,13-18H2,(H,25,27).